The third-order valence-corrected chi connectivity index (χ3v) is 2.42. The molecule has 1 atom stereocenters. The average molecular weight is 198 g/mol. The van der Waals surface area contributed by atoms with Gasteiger partial charge < -0.3 is 4.74 Å². The van der Waals surface area contributed by atoms with Crippen molar-refractivity contribution < 1.29 is 13.5 Å². The van der Waals surface area contributed by atoms with Gasteiger partial charge in [0, 0.05) is 0 Å². The summed E-state index contributed by atoms with van der Waals surface area (Å²) in [6, 6.07) is 2.79. The summed E-state index contributed by atoms with van der Waals surface area (Å²) in [5.41, 5.74) is 0.763. The lowest BCUT2D eigenvalue weighted by Gasteiger charge is -2.08. The van der Waals surface area contributed by atoms with Crippen LogP contribution < -0.4 is 0 Å². The molecule has 1 aromatic carbocycles. The molecule has 0 saturated carbocycles. The number of epoxide rings is 1. The molecule has 0 N–H and O–H groups in total. The summed E-state index contributed by atoms with van der Waals surface area (Å²) in [4.78, 5) is 0. The molecule has 1 aliphatic rings. The molecule has 1 aromatic rings. The monoisotopic (exact) mass is 198 g/mol. The van der Waals surface area contributed by atoms with E-state index in [9.17, 15) is 8.78 Å². The number of benzene rings is 1. The van der Waals surface area contributed by atoms with Gasteiger partial charge in [-0.25, -0.2) is 8.78 Å². The number of hydrogen-bond acceptors (Lipinski definition) is 1. The van der Waals surface area contributed by atoms with Gasteiger partial charge in [0.25, 0.3) is 0 Å². The van der Waals surface area contributed by atoms with E-state index in [1.165, 1.54) is 12.1 Å². The molecule has 1 nitrogen and oxygen atoms in total. The van der Waals surface area contributed by atoms with Crippen LogP contribution in [0.5, 0.6) is 0 Å². The molecule has 0 aliphatic carbocycles. The van der Waals surface area contributed by atoms with E-state index in [0.717, 1.165) is 0 Å². The van der Waals surface area contributed by atoms with Crippen molar-refractivity contribution in [2.75, 3.05) is 6.61 Å². The van der Waals surface area contributed by atoms with Crippen LogP contribution in [0, 0.1) is 11.6 Å². The summed E-state index contributed by atoms with van der Waals surface area (Å²) < 4.78 is 31.8. The number of hydrogen-bond donors (Lipinski definition) is 0. The highest BCUT2D eigenvalue weighted by Gasteiger charge is 2.31. The normalized spacial score (nSPS) is 20.2. The third-order valence-electron chi connectivity index (χ3n) is 2.42. The van der Waals surface area contributed by atoms with Gasteiger partial charge in [-0.1, -0.05) is 13.8 Å². The molecule has 76 valence electrons. The van der Waals surface area contributed by atoms with E-state index in [4.69, 9.17) is 4.74 Å². The molecular formula is C11H12F2O. The predicted octanol–water partition coefficient (Wildman–Crippen LogP) is 3.16. The van der Waals surface area contributed by atoms with E-state index in [-0.39, 0.29) is 17.6 Å². The number of rotatable bonds is 2. The Labute approximate surface area is 81.7 Å². The Morgan fingerprint density at radius 1 is 1.29 bits per heavy atom. The Bertz CT molecular complexity index is 333. The number of halogens is 2. The molecule has 2 rings (SSSR count). The summed E-state index contributed by atoms with van der Waals surface area (Å²) in [5.74, 6) is -0.847. The number of ether oxygens (including phenoxy) is 1. The fourth-order valence-electron chi connectivity index (χ4n) is 1.46. The van der Waals surface area contributed by atoms with Crippen LogP contribution in [-0.4, -0.2) is 6.61 Å². The lowest BCUT2D eigenvalue weighted by molar-refractivity contribution is 0.397. The van der Waals surface area contributed by atoms with Gasteiger partial charge in [0.15, 0.2) is 0 Å². The SMILES string of the molecule is CC(C)c1cc(F)c(C2CO2)c(F)c1. The molecule has 1 saturated heterocycles. The summed E-state index contributed by atoms with van der Waals surface area (Å²) >= 11 is 0. The van der Waals surface area contributed by atoms with Crippen molar-refractivity contribution in [3.63, 3.8) is 0 Å². The first-order chi connectivity index (χ1) is 6.59. The highest BCUT2D eigenvalue weighted by atomic mass is 19.1. The molecule has 0 radical (unpaired) electrons. The van der Waals surface area contributed by atoms with Crippen LogP contribution in [0.2, 0.25) is 0 Å². The van der Waals surface area contributed by atoms with E-state index < -0.39 is 11.6 Å². The Morgan fingerprint density at radius 3 is 2.14 bits per heavy atom. The Balaban J connectivity index is 2.44. The molecule has 0 spiro atoms. The van der Waals surface area contributed by atoms with Crippen LogP contribution in [0.15, 0.2) is 12.1 Å². The minimum atomic E-state index is -0.490. The topological polar surface area (TPSA) is 12.5 Å². The molecule has 14 heavy (non-hydrogen) atoms. The summed E-state index contributed by atoms with van der Waals surface area (Å²) in [5, 5.41) is 0. The zero-order valence-electron chi connectivity index (χ0n) is 8.18. The molecular weight excluding hydrogens is 186 g/mol. The van der Waals surface area contributed by atoms with Gasteiger partial charge in [-0.05, 0) is 23.6 Å². The molecule has 1 fully saturated rings. The fraction of sp³-hybridized carbons (Fsp3) is 0.455. The lowest BCUT2D eigenvalue weighted by atomic mass is 10.00. The van der Waals surface area contributed by atoms with Crippen molar-refractivity contribution in [1.82, 2.24) is 0 Å². The van der Waals surface area contributed by atoms with Crippen molar-refractivity contribution in [2.24, 2.45) is 0 Å². The van der Waals surface area contributed by atoms with Crippen molar-refractivity contribution >= 4 is 0 Å². The van der Waals surface area contributed by atoms with Gasteiger partial charge >= 0.3 is 0 Å². The minimum absolute atomic E-state index is 0.0781. The second-order valence-electron chi connectivity index (χ2n) is 3.87. The van der Waals surface area contributed by atoms with E-state index >= 15 is 0 Å². The van der Waals surface area contributed by atoms with Crippen LogP contribution in [0.4, 0.5) is 8.78 Å². The predicted molar refractivity (Wildman–Crippen MR) is 49.1 cm³/mol. The van der Waals surface area contributed by atoms with Gasteiger partial charge in [-0.15, -0.1) is 0 Å². The van der Waals surface area contributed by atoms with Crippen LogP contribution in [0.1, 0.15) is 37.0 Å². The van der Waals surface area contributed by atoms with Gasteiger partial charge in [0.05, 0.1) is 12.2 Å². The third kappa shape index (κ3) is 1.64. The second kappa shape index (κ2) is 3.31. The zero-order chi connectivity index (χ0) is 10.3. The standard InChI is InChI=1S/C11H12F2O/c1-6(2)7-3-8(12)11(9(13)4-7)10-5-14-10/h3-4,6,10H,5H2,1-2H3. The van der Waals surface area contributed by atoms with Crippen molar-refractivity contribution in [1.29, 1.82) is 0 Å². The van der Waals surface area contributed by atoms with E-state index in [1.807, 2.05) is 13.8 Å². The molecule has 0 bridgehead atoms. The fourth-order valence-corrected chi connectivity index (χ4v) is 1.46. The van der Waals surface area contributed by atoms with Crippen LogP contribution >= 0.6 is 0 Å². The maximum atomic E-state index is 13.4. The van der Waals surface area contributed by atoms with E-state index in [1.54, 1.807) is 0 Å². The maximum Gasteiger partial charge on any atom is 0.132 e. The van der Waals surface area contributed by atoms with Crippen LogP contribution in [0.25, 0.3) is 0 Å². The highest BCUT2D eigenvalue weighted by molar-refractivity contribution is 5.31. The first-order valence-corrected chi connectivity index (χ1v) is 4.70. The Hall–Kier alpha value is -0.960. The van der Waals surface area contributed by atoms with E-state index in [0.29, 0.717) is 12.2 Å². The molecule has 1 aliphatic heterocycles. The molecule has 0 amide bonds. The summed E-state index contributed by atoms with van der Waals surface area (Å²) in [6.45, 7) is 4.23. The average Bonchev–Trinajstić information content (AvgIpc) is 2.86. The van der Waals surface area contributed by atoms with Gasteiger partial charge in [-0.3, -0.25) is 0 Å². The van der Waals surface area contributed by atoms with Gasteiger partial charge in [-0.2, -0.15) is 0 Å². The lowest BCUT2D eigenvalue weighted by Crippen LogP contribution is -1.98. The van der Waals surface area contributed by atoms with Crippen LogP contribution in [-0.2, 0) is 4.74 Å². The molecule has 1 unspecified atom stereocenters. The largest absolute Gasteiger partial charge is 0.368 e. The van der Waals surface area contributed by atoms with E-state index in [2.05, 4.69) is 0 Å². The second-order valence-corrected chi connectivity index (χ2v) is 3.87. The first kappa shape index (κ1) is 9.59. The maximum absolute atomic E-state index is 13.4. The first-order valence-electron chi connectivity index (χ1n) is 4.70. The van der Waals surface area contributed by atoms with Crippen molar-refractivity contribution in [3.8, 4) is 0 Å². The Morgan fingerprint density at radius 2 is 1.79 bits per heavy atom. The Kier molecular flexibility index (Phi) is 2.27. The molecule has 3 heteroatoms. The summed E-state index contributed by atoms with van der Waals surface area (Å²) in [6.07, 6.45) is -0.365. The molecule has 1 heterocycles. The summed E-state index contributed by atoms with van der Waals surface area (Å²) in [7, 11) is 0. The van der Waals surface area contributed by atoms with Gasteiger partial charge in [0.2, 0.25) is 0 Å². The minimum Gasteiger partial charge on any atom is -0.368 e. The zero-order valence-corrected chi connectivity index (χ0v) is 8.18. The van der Waals surface area contributed by atoms with Crippen LogP contribution in [0.3, 0.4) is 0 Å². The molecule has 0 aromatic heterocycles. The quantitative estimate of drug-likeness (QED) is 0.665. The van der Waals surface area contributed by atoms with Crippen molar-refractivity contribution in [2.45, 2.75) is 25.9 Å². The van der Waals surface area contributed by atoms with Gasteiger partial charge in [0.1, 0.15) is 17.7 Å². The smallest absolute Gasteiger partial charge is 0.132 e. The highest BCUT2D eigenvalue weighted by Crippen LogP contribution is 2.35. The van der Waals surface area contributed by atoms with Crippen molar-refractivity contribution in [3.05, 3.63) is 34.9 Å².